The van der Waals surface area contributed by atoms with Crippen LogP contribution in [0.5, 0.6) is 5.75 Å². The maximum absolute atomic E-state index is 13.6. The lowest BCUT2D eigenvalue weighted by Crippen LogP contribution is -2.10. The molecule has 2 N–H and O–H groups in total. The minimum Gasteiger partial charge on any atom is -0.491 e. The summed E-state index contributed by atoms with van der Waals surface area (Å²) in [5.74, 6) is 0.481. The van der Waals surface area contributed by atoms with E-state index in [0.29, 0.717) is 18.1 Å². The van der Waals surface area contributed by atoms with E-state index in [1.54, 1.807) is 12.1 Å². The standard InChI is InChI=1S/C13H18FNOS/c1-9(2)4-3-7-16-12-6-5-10(13(15)17)8-11(12)14/h5-6,8-9H,3-4,7H2,1-2H3,(H2,15,17). The lowest BCUT2D eigenvalue weighted by molar-refractivity contribution is 0.284. The van der Waals surface area contributed by atoms with Crippen LogP contribution >= 0.6 is 12.2 Å². The van der Waals surface area contributed by atoms with Crippen molar-refractivity contribution in [3.63, 3.8) is 0 Å². The molecule has 0 unspecified atom stereocenters. The summed E-state index contributed by atoms with van der Waals surface area (Å²) < 4.78 is 18.9. The fraction of sp³-hybridized carbons (Fsp3) is 0.462. The summed E-state index contributed by atoms with van der Waals surface area (Å²) in [5.41, 5.74) is 5.93. The first-order valence-electron chi connectivity index (χ1n) is 5.73. The minimum atomic E-state index is -0.417. The Kier molecular flexibility index (Phi) is 5.35. The Morgan fingerprint density at radius 1 is 1.47 bits per heavy atom. The topological polar surface area (TPSA) is 35.2 Å². The Morgan fingerprint density at radius 3 is 2.71 bits per heavy atom. The molecular weight excluding hydrogens is 237 g/mol. The van der Waals surface area contributed by atoms with E-state index in [4.69, 9.17) is 22.7 Å². The van der Waals surface area contributed by atoms with Crippen LogP contribution in [0.25, 0.3) is 0 Å². The second-order valence-corrected chi connectivity index (χ2v) is 4.83. The molecule has 1 rings (SSSR count). The van der Waals surface area contributed by atoms with Crippen molar-refractivity contribution < 1.29 is 9.13 Å². The average molecular weight is 255 g/mol. The molecule has 0 saturated carbocycles. The van der Waals surface area contributed by atoms with E-state index in [9.17, 15) is 4.39 Å². The molecule has 0 spiro atoms. The first-order chi connectivity index (χ1) is 8.00. The molecule has 4 heteroatoms. The number of hydrogen-bond donors (Lipinski definition) is 1. The van der Waals surface area contributed by atoms with E-state index >= 15 is 0 Å². The van der Waals surface area contributed by atoms with Crippen LogP contribution in [0.2, 0.25) is 0 Å². The van der Waals surface area contributed by atoms with Gasteiger partial charge in [0.25, 0.3) is 0 Å². The highest BCUT2D eigenvalue weighted by Gasteiger charge is 2.06. The highest BCUT2D eigenvalue weighted by molar-refractivity contribution is 7.80. The first kappa shape index (κ1) is 13.9. The van der Waals surface area contributed by atoms with E-state index in [1.165, 1.54) is 6.07 Å². The number of hydrogen-bond acceptors (Lipinski definition) is 2. The molecule has 0 atom stereocenters. The second-order valence-electron chi connectivity index (χ2n) is 4.39. The van der Waals surface area contributed by atoms with Gasteiger partial charge in [-0.25, -0.2) is 4.39 Å². The van der Waals surface area contributed by atoms with E-state index in [-0.39, 0.29) is 10.7 Å². The molecule has 0 aliphatic heterocycles. The van der Waals surface area contributed by atoms with Crippen LogP contribution in [-0.2, 0) is 0 Å². The predicted octanol–water partition coefficient (Wildman–Crippen LogP) is 3.27. The molecular formula is C13H18FNOS. The molecule has 0 bridgehead atoms. The van der Waals surface area contributed by atoms with Crippen LogP contribution in [0.15, 0.2) is 18.2 Å². The molecule has 0 aliphatic rings. The highest BCUT2D eigenvalue weighted by Crippen LogP contribution is 2.19. The van der Waals surface area contributed by atoms with Gasteiger partial charge >= 0.3 is 0 Å². The summed E-state index contributed by atoms with van der Waals surface area (Å²) in [7, 11) is 0. The summed E-state index contributed by atoms with van der Waals surface area (Å²) in [4.78, 5) is 0.190. The van der Waals surface area contributed by atoms with Gasteiger partial charge in [0.15, 0.2) is 11.6 Å². The molecule has 17 heavy (non-hydrogen) atoms. The van der Waals surface area contributed by atoms with E-state index in [0.717, 1.165) is 12.8 Å². The summed E-state index contributed by atoms with van der Waals surface area (Å²) in [6.07, 6.45) is 2.00. The Labute approximate surface area is 107 Å². The van der Waals surface area contributed by atoms with Gasteiger partial charge in [0.05, 0.1) is 6.61 Å². The van der Waals surface area contributed by atoms with Crippen molar-refractivity contribution in [2.24, 2.45) is 11.7 Å². The highest BCUT2D eigenvalue weighted by atomic mass is 32.1. The minimum absolute atomic E-state index is 0.190. The van der Waals surface area contributed by atoms with Crippen LogP contribution in [0.4, 0.5) is 4.39 Å². The quantitative estimate of drug-likeness (QED) is 0.626. The molecule has 0 heterocycles. The molecule has 0 saturated heterocycles. The SMILES string of the molecule is CC(C)CCCOc1ccc(C(N)=S)cc1F. The van der Waals surface area contributed by atoms with Crippen molar-refractivity contribution in [2.45, 2.75) is 26.7 Å². The molecule has 0 aromatic heterocycles. The lowest BCUT2D eigenvalue weighted by atomic mass is 10.1. The van der Waals surface area contributed by atoms with Gasteiger partial charge in [0.2, 0.25) is 0 Å². The first-order valence-corrected chi connectivity index (χ1v) is 6.13. The van der Waals surface area contributed by atoms with Crippen LogP contribution in [0.3, 0.4) is 0 Å². The summed E-state index contributed by atoms with van der Waals surface area (Å²) in [5, 5.41) is 0. The third-order valence-electron chi connectivity index (χ3n) is 2.40. The maximum Gasteiger partial charge on any atom is 0.165 e. The van der Waals surface area contributed by atoms with Gasteiger partial charge in [-0.05, 0) is 37.0 Å². The number of rotatable bonds is 6. The van der Waals surface area contributed by atoms with Gasteiger partial charge in [-0.15, -0.1) is 0 Å². The Hall–Kier alpha value is -1.16. The number of ether oxygens (including phenoxy) is 1. The van der Waals surface area contributed by atoms with E-state index < -0.39 is 5.82 Å². The van der Waals surface area contributed by atoms with Gasteiger partial charge in [-0.2, -0.15) is 0 Å². The summed E-state index contributed by atoms with van der Waals surface area (Å²) in [6, 6.07) is 4.54. The third kappa shape index (κ3) is 4.69. The zero-order chi connectivity index (χ0) is 12.8. The molecule has 0 amide bonds. The lowest BCUT2D eigenvalue weighted by Gasteiger charge is -2.09. The average Bonchev–Trinajstić information content (AvgIpc) is 2.25. The Bertz CT molecular complexity index is 393. The van der Waals surface area contributed by atoms with Crippen molar-refractivity contribution in [2.75, 3.05) is 6.61 Å². The van der Waals surface area contributed by atoms with Crippen LogP contribution in [0, 0.1) is 11.7 Å². The molecule has 0 aliphatic carbocycles. The molecule has 2 nitrogen and oxygen atoms in total. The Morgan fingerprint density at radius 2 is 2.18 bits per heavy atom. The van der Waals surface area contributed by atoms with Gasteiger partial charge in [0.1, 0.15) is 4.99 Å². The number of halogens is 1. The number of benzene rings is 1. The van der Waals surface area contributed by atoms with Crippen molar-refractivity contribution in [1.29, 1.82) is 0 Å². The number of nitrogens with two attached hydrogens (primary N) is 1. The van der Waals surface area contributed by atoms with E-state index in [2.05, 4.69) is 13.8 Å². The molecule has 0 radical (unpaired) electrons. The zero-order valence-corrected chi connectivity index (χ0v) is 11.0. The Balaban J connectivity index is 2.52. The van der Waals surface area contributed by atoms with Crippen molar-refractivity contribution in [3.05, 3.63) is 29.6 Å². The predicted molar refractivity (Wildman–Crippen MR) is 71.9 cm³/mol. The molecule has 0 fully saturated rings. The summed E-state index contributed by atoms with van der Waals surface area (Å²) >= 11 is 4.77. The second kappa shape index (κ2) is 6.55. The molecule has 94 valence electrons. The maximum atomic E-state index is 13.6. The molecule has 1 aromatic carbocycles. The third-order valence-corrected chi connectivity index (χ3v) is 2.64. The van der Waals surface area contributed by atoms with Crippen molar-refractivity contribution in [1.82, 2.24) is 0 Å². The van der Waals surface area contributed by atoms with Crippen LogP contribution < -0.4 is 10.5 Å². The normalized spacial score (nSPS) is 10.6. The zero-order valence-electron chi connectivity index (χ0n) is 10.2. The van der Waals surface area contributed by atoms with Gasteiger partial charge in [-0.3, -0.25) is 0 Å². The number of thiocarbonyl (C=S) groups is 1. The van der Waals surface area contributed by atoms with Gasteiger partial charge in [0, 0.05) is 5.56 Å². The largest absolute Gasteiger partial charge is 0.491 e. The smallest absolute Gasteiger partial charge is 0.165 e. The van der Waals surface area contributed by atoms with Crippen LogP contribution in [0.1, 0.15) is 32.3 Å². The van der Waals surface area contributed by atoms with Crippen molar-refractivity contribution in [3.8, 4) is 5.75 Å². The monoisotopic (exact) mass is 255 g/mol. The fourth-order valence-corrected chi connectivity index (χ4v) is 1.57. The van der Waals surface area contributed by atoms with Gasteiger partial charge < -0.3 is 10.5 Å². The van der Waals surface area contributed by atoms with E-state index in [1.807, 2.05) is 0 Å². The fourth-order valence-electron chi connectivity index (χ4n) is 1.44. The van der Waals surface area contributed by atoms with Crippen LogP contribution in [-0.4, -0.2) is 11.6 Å². The molecule has 1 aromatic rings. The van der Waals surface area contributed by atoms with Crippen molar-refractivity contribution >= 4 is 17.2 Å². The van der Waals surface area contributed by atoms with Gasteiger partial charge in [-0.1, -0.05) is 26.1 Å². The summed E-state index contributed by atoms with van der Waals surface area (Å²) in [6.45, 7) is 4.83.